The molecular weight excluding hydrogens is 328 g/mol. The topological polar surface area (TPSA) is 62.5 Å². The van der Waals surface area contributed by atoms with Gasteiger partial charge < -0.3 is 9.42 Å². The number of benzene rings is 1. The zero-order valence-corrected chi connectivity index (χ0v) is 14.1. The molecule has 6 nitrogen and oxygen atoms in total. The van der Waals surface area contributed by atoms with Crippen molar-refractivity contribution in [1.29, 1.82) is 0 Å². The molecule has 1 aliphatic heterocycles. The maximum absolute atomic E-state index is 12.6. The Labute approximate surface area is 145 Å². The molecule has 126 valence electrons. The highest BCUT2D eigenvalue weighted by molar-refractivity contribution is 6.33. The molecule has 0 spiro atoms. The number of hydrogen-bond acceptors (Lipinski definition) is 5. The lowest BCUT2D eigenvalue weighted by atomic mass is 10.2. The lowest BCUT2D eigenvalue weighted by molar-refractivity contribution is 0.0615. The van der Waals surface area contributed by atoms with Crippen molar-refractivity contribution in [2.24, 2.45) is 0 Å². The van der Waals surface area contributed by atoms with Crippen LogP contribution in [0.15, 0.2) is 28.8 Å². The molecular formula is C17H19ClN4O2. The number of aromatic nitrogens is 2. The van der Waals surface area contributed by atoms with E-state index in [1.165, 1.54) is 12.8 Å². The fraction of sp³-hybridized carbons (Fsp3) is 0.471. The maximum Gasteiger partial charge on any atom is 0.255 e. The number of carbonyl (C=O) groups excluding carboxylic acids is 1. The minimum atomic E-state index is -0.00550. The summed E-state index contributed by atoms with van der Waals surface area (Å²) in [5, 5.41) is 4.55. The molecule has 1 saturated carbocycles. The van der Waals surface area contributed by atoms with E-state index in [0.29, 0.717) is 42.0 Å². The van der Waals surface area contributed by atoms with Crippen LogP contribution in [-0.2, 0) is 6.54 Å². The highest BCUT2D eigenvalue weighted by atomic mass is 35.5. The number of rotatable bonds is 4. The summed E-state index contributed by atoms with van der Waals surface area (Å²) in [4.78, 5) is 21.1. The second kappa shape index (κ2) is 6.53. The first-order valence-electron chi connectivity index (χ1n) is 8.29. The van der Waals surface area contributed by atoms with Gasteiger partial charge in [-0.2, -0.15) is 4.98 Å². The Morgan fingerprint density at radius 2 is 1.96 bits per heavy atom. The van der Waals surface area contributed by atoms with E-state index in [2.05, 4.69) is 15.0 Å². The van der Waals surface area contributed by atoms with Crippen molar-refractivity contribution in [2.45, 2.75) is 25.3 Å². The van der Waals surface area contributed by atoms with Gasteiger partial charge in [0.25, 0.3) is 5.91 Å². The van der Waals surface area contributed by atoms with E-state index in [9.17, 15) is 4.79 Å². The van der Waals surface area contributed by atoms with Crippen LogP contribution in [-0.4, -0.2) is 52.0 Å². The van der Waals surface area contributed by atoms with E-state index in [0.717, 1.165) is 18.9 Å². The van der Waals surface area contributed by atoms with Crippen LogP contribution in [0.4, 0.5) is 0 Å². The van der Waals surface area contributed by atoms with Crippen molar-refractivity contribution in [1.82, 2.24) is 19.9 Å². The molecule has 0 bridgehead atoms. The molecule has 7 heteroatoms. The molecule has 1 saturated heterocycles. The van der Waals surface area contributed by atoms with Crippen molar-refractivity contribution in [3.8, 4) is 0 Å². The first kappa shape index (κ1) is 15.6. The summed E-state index contributed by atoms with van der Waals surface area (Å²) in [6.45, 7) is 3.57. The molecule has 4 rings (SSSR count). The number of piperazine rings is 1. The molecule has 1 aromatic heterocycles. The summed E-state index contributed by atoms with van der Waals surface area (Å²) in [7, 11) is 0. The predicted molar refractivity (Wildman–Crippen MR) is 88.9 cm³/mol. The number of nitrogens with zero attached hydrogens (tertiary/aromatic N) is 4. The third-order valence-electron chi connectivity index (χ3n) is 4.55. The molecule has 1 amide bonds. The predicted octanol–water partition coefficient (Wildman–Crippen LogP) is 2.56. The second-order valence-corrected chi connectivity index (χ2v) is 6.78. The molecule has 1 aliphatic carbocycles. The van der Waals surface area contributed by atoms with E-state index in [-0.39, 0.29) is 5.91 Å². The van der Waals surface area contributed by atoms with Crippen LogP contribution in [0.2, 0.25) is 5.02 Å². The number of hydrogen-bond donors (Lipinski definition) is 0. The normalized spacial score (nSPS) is 18.8. The quantitative estimate of drug-likeness (QED) is 0.851. The van der Waals surface area contributed by atoms with Crippen LogP contribution in [0.5, 0.6) is 0 Å². The summed E-state index contributed by atoms with van der Waals surface area (Å²) < 4.78 is 5.33. The third kappa shape index (κ3) is 3.30. The van der Waals surface area contributed by atoms with Gasteiger partial charge in [0.15, 0.2) is 5.82 Å². The van der Waals surface area contributed by atoms with Gasteiger partial charge in [-0.1, -0.05) is 28.9 Å². The summed E-state index contributed by atoms with van der Waals surface area (Å²) in [5.41, 5.74) is 0.568. The van der Waals surface area contributed by atoms with Gasteiger partial charge in [0.1, 0.15) is 0 Å². The minimum absolute atomic E-state index is 0.00550. The highest BCUT2D eigenvalue weighted by Gasteiger charge is 2.29. The molecule has 0 atom stereocenters. The minimum Gasteiger partial charge on any atom is -0.338 e. The average molecular weight is 347 g/mol. The Kier molecular flexibility index (Phi) is 4.24. The zero-order valence-electron chi connectivity index (χ0n) is 13.3. The second-order valence-electron chi connectivity index (χ2n) is 6.37. The lowest BCUT2D eigenvalue weighted by Crippen LogP contribution is -2.48. The first-order chi connectivity index (χ1) is 11.7. The standard InChI is InChI=1S/C17H19ClN4O2/c18-14-4-2-1-3-13(14)17(23)22-9-7-21(8-10-22)11-15-19-16(20-24-15)12-5-6-12/h1-4,12H,5-11H2. The molecule has 2 aliphatic rings. The number of amides is 1. The number of carbonyl (C=O) groups is 1. The Hall–Kier alpha value is -1.92. The molecule has 2 fully saturated rings. The fourth-order valence-electron chi connectivity index (χ4n) is 2.94. The zero-order chi connectivity index (χ0) is 16.5. The van der Waals surface area contributed by atoms with E-state index in [1.54, 1.807) is 12.1 Å². The Morgan fingerprint density at radius 3 is 2.67 bits per heavy atom. The van der Waals surface area contributed by atoms with Gasteiger partial charge >= 0.3 is 0 Å². The van der Waals surface area contributed by atoms with Crippen LogP contribution in [0.25, 0.3) is 0 Å². The SMILES string of the molecule is O=C(c1ccccc1Cl)N1CCN(Cc2nc(C3CC3)no2)CC1. The van der Waals surface area contributed by atoms with Crippen LogP contribution in [0, 0.1) is 0 Å². The molecule has 0 N–H and O–H groups in total. The first-order valence-corrected chi connectivity index (χ1v) is 8.67. The van der Waals surface area contributed by atoms with Gasteiger partial charge in [-0.3, -0.25) is 9.69 Å². The fourth-order valence-corrected chi connectivity index (χ4v) is 3.16. The van der Waals surface area contributed by atoms with Crippen molar-refractivity contribution in [2.75, 3.05) is 26.2 Å². The molecule has 2 aromatic rings. The average Bonchev–Trinajstić information content (AvgIpc) is 3.35. The van der Waals surface area contributed by atoms with Crippen molar-refractivity contribution >= 4 is 17.5 Å². The lowest BCUT2D eigenvalue weighted by Gasteiger charge is -2.34. The molecule has 1 aromatic carbocycles. The Morgan fingerprint density at radius 1 is 1.21 bits per heavy atom. The van der Waals surface area contributed by atoms with Gasteiger partial charge in [0.05, 0.1) is 17.1 Å². The van der Waals surface area contributed by atoms with E-state index in [1.807, 2.05) is 17.0 Å². The van der Waals surface area contributed by atoms with Gasteiger partial charge in [0.2, 0.25) is 5.89 Å². The Bertz CT molecular complexity index is 736. The van der Waals surface area contributed by atoms with Gasteiger partial charge in [-0.25, -0.2) is 0 Å². The van der Waals surface area contributed by atoms with Gasteiger partial charge in [-0.05, 0) is 25.0 Å². The summed E-state index contributed by atoms with van der Waals surface area (Å²) in [6, 6.07) is 7.19. The summed E-state index contributed by atoms with van der Waals surface area (Å²) in [6.07, 6.45) is 2.34. The monoisotopic (exact) mass is 346 g/mol. The Balaban J connectivity index is 1.32. The van der Waals surface area contributed by atoms with Crippen molar-refractivity contribution < 1.29 is 9.32 Å². The maximum atomic E-state index is 12.6. The van der Waals surface area contributed by atoms with Gasteiger partial charge in [0, 0.05) is 32.1 Å². The van der Waals surface area contributed by atoms with Crippen LogP contribution in [0.1, 0.15) is 40.8 Å². The smallest absolute Gasteiger partial charge is 0.255 e. The van der Waals surface area contributed by atoms with E-state index >= 15 is 0 Å². The molecule has 2 heterocycles. The third-order valence-corrected chi connectivity index (χ3v) is 4.88. The number of halogens is 1. The molecule has 0 unspecified atom stereocenters. The van der Waals surface area contributed by atoms with Gasteiger partial charge in [-0.15, -0.1) is 0 Å². The highest BCUT2D eigenvalue weighted by Crippen LogP contribution is 2.38. The molecule has 24 heavy (non-hydrogen) atoms. The largest absolute Gasteiger partial charge is 0.338 e. The molecule has 0 radical (unpaired) electrons. The summed E-state index contributed by atoms with van der Waals surface area (Å²) in [5.74, 6) is 2.02. The van der Waals surface area contributed by atoms with E-state index < -0.39 is 0 Å². The van der Waals surface area contributed by atoms with Crippen LogP contribution in [0.3, 0.4) is 0 Å². The van der Waals surface area contributed by atoms with Crippen molar-refractivity contribution in [3.05, 3.63) is 46.6 Å². The van der Waals surface area contributed by atoms with Crippen LogP contribution >= 0.6 is 11.6 Å². The van der Waals surface area contributed by atoms with Crippen molar-refractivity contribution in [3.63, 3.8) is 0 Å². The van der Waals surface area contributed by atoms with Crippen LogP contribution < -0.4 is 0 Å². The summed E-state index contributed by atoms with van der Waals surface area (Å²) >= 11 is 6.12. The van der Waals surface area contributed by atoms with E-state index in [4.69, 9.17) is 16.1 Å².